The van der Waals surface area contributed by atoms with E-state index in [1.807, 2.05) is 49.4 Å². The number of carboxylic acids is 1. The summed E-state index contributed by atoms with van der Waals surface area (Å²) in [5.74, 6) is -1.03. The number of nitrogens with zero attached hydrogens (tertiary/aromatic N) is 2. The molecule has 3 N–H and O–H groups in total. The molecule has 2 atom stereocenters. The van der Waals surface area contributed by atoms with Crippen molar-refractivity contribution in [2.75, 3.05) is 20.6 Å². The molecule has 0 aliphatic heterocycles. The Bertz CT molecular complexity index is 1580. The SMILES string of the molecule is CC(Cc1ccc2c(c1)cc(C(=O)O)n2Cc1ccc(S(=O)(=O)N(C)C)cc1)NCC(O)c1cccc(Br)c1. The number of aliphatic hydroxyl groups is 1. The van der Waals surface area contributed by atoms with Crippen LogP contribution in [0.5, 0.6) is 0 Å². The third-order valence-electron chi connectivity index (χ3n) is 6.66. The standard InChI is InChI=1S/C29H32BrN3O5S/c1-19(31-17-28(34)22-5-4-6-24(30)15-22)13-21-9-12-26-23(14-21)16-27(29(35)36)33(26)18-20-7-10-25(11-8-20)39(37,38)32(2)3/h4-12,14-16,19,28,31,34H,13,17-18H2,1-3H3,(H,35,36). The first kappa shape index (κ1) is 29.0. The summed E-state index contributed by atoms with van der Waals surface area (Å²) in [7, 11) is -0.583. The van der Waals surface area contributed by atoms with Gasteiger partial charge in [0.25, 0.3) is 0 Å². The maximum atomic E-state index is 12.4. The summed E-state index contributed by atoms with van der Waals surface area (Å²) < 4.78 is 28.5. The highest BCUT2D eigenvalue weighted by molar-refractivity contribution is 9.10. The molecule has 0 saturated heterocycles. The molecular formula is C29H32BrN3O5S. The van der Waals surface area contributed by atoms with Gasteiger partial charge in [0.2, 0.25) is 10.0 Å². The van der Waals surface area contributed by atoms with Crippen molar-refractivity contribution in [3.63, 3.8) is 0 Å². The van der Waals surface area contributed by atoms with Gasteiger partial charge in [0, 0.05) is 48.6 Å². The van der Waals surface area contributed by atoms with E-state index < -0.39 is 22.1 Å². The summed E-state index contributed by atoms with van der Waals surface area (Å²) in [6.45, 7) is 2.75. The van der Waals surface area contributed by atoms with E-state index in [2.05, 4.69) is 21.2 Å². The van der Waals surface area contributed by atoms with Crippen molar-refractivity contribution >= 4 is 42.8 Å². The number of hydrogen-bond donors (Lipinski definition) is 3. The van der Waals surface area contributed by atoms with Gasteiger partial charge in [-0.1, -0.05) is 46.3 Å². The van der Waals surface area contributed by atoms with Crippen molar-refractivity contribution in [3.8, 4) is 0 Å². The van der Waals surface area contributed by atoms with Gasteiger partial charge < -0.3 is 20.1 Å². The van der Waals surface area contributed by atoms with Gasteiger partial charge in [-0.3, -0.25) is 0 Å². The van der Waals surface area contributed by atoms with Crippen LogP contribution in [0.1, 0.15) is 40.2 Å². The fourth-order valence-corrected chi connectivity index (χ4v) is 5.84. The minimum Gasteiger partial charge on any atom is -0.477 e. The Morgan fingerprint density at radius 3 is 2.36 bits per heavy atom. The van der Waals surface area contributed by atoms with E-state index in [4.69, 9.17) is 0 Å². The van der Waals surface area contributed by atoms with Crippen LogP contribution in [-0.4, -0.2) is 60.2 Å². The number of sulfonamides is 1. The summed E-state index contributed by atoms with van der Waals surface area (Å²) in [4.78, 5) is 12.2. The molecule has 39 heavy (non-hydrogen) atoms. The number of nitrogens with one attached hydrogen (secondary N) is 1. The van der Waals surface area contributed by atoms with E-state index in [-0.39, 0.29) is 23.2 Å². The van der Waals surface area contributed by atoms with E-state index in [1.54, 1.807) is 22.8 Å². The monoisotopic (exact) mass is 613 g/mol. The third-order valence-corrected chi connectivity index (χ3v) is 8.99. The molecule has 0 saturated carbocycles. The largest absolute Gasteiger partial charge is 0.477 e. The second kappa shape index (κ2) is 12.0. The highest BCUT2D eigenvalue weighted by atomic mass is 79.9. The number of aromatic nitrogens is 1. The maximum absolute atomic E-state index is 12.4. The molecule has 0 aliphatic rings. The molecule has 0 radical (unpaired) electrons. The van der Waals surface area contributed by atoms with Crippen molar-refractivity contribution in [2.24, 2.45) is 0 Å². The number of aliphatic hydroxyl groups excluding tert-OH is 1. The van der Waals surface area contributed by atoms with Gasteiger partial charge in [-0.05, 0) is 72.5 Å². The zero-order valence-electron chi connectivity index (χ0n) is 22.0. The van der Waals surface area contributed by atoms with E-state index in [9.17, 15) is 23.4 Å². The Labute approximate surface area is 237 Å². The summed E-state index contributed by atoms with van der Waals surface area (Å²) in [6, 6.07) is 21.7. The molecule has 4 aromatic rings. The Kier molecular flexibility index (Phi) is 8.93. The molecule has 0 amide bonds. The summed E-state index contributed by atoms with van der Waals surface area (Å²) in [5, 5.41) is 24.6. The first-order chi connectivity index (χ1) is 18.5. The molecule has 206 valence electrons. The van der Waals surface area contributed by atoms with Crippen molar-refractivity contribution in [2.45, 2.75) is 36.9 Å². The van der Waals surface area contributed by atoms with Crippen LogP contribution in [0, 0.1) is 0 Å². The molecule has 4 rings (SSSR count). The van der Waals surface area contributed by atoms with Crippen molar-refractivity contribution in [1.29, 1.82) is 0 Å². The average molecular weight is 615 g/mol. The Balaban J connectivity index is 1.49. The van der Waals surface area contributed by atoms with E-state index in [0.29, 0.717) is 13.0 Å². The number of fused-ring (bicyclic) bond motifs is 1. The lowest BCUT2D eigenvalue weighted by Crippen LogP contribution is -2.32. The maximum Gasteiger partial charge on any atom is 0.352 e. The highest BCUT2D eigenvalue weighted by Gasteiger charge is 2.19. The molecule has 1 heterocycles. The second-order valence-electron chi connectivity index (χ2n) is 9.83. The Morgan fingerprint density at radius 1 is 1.03 bits per heavy atom. The van der Waals surface area contributed by atoms with E-state index in [0.717, 1.165) is 36.4 Å². The van der Waals surface area contributed by atoms with Gasteiger partial charge in [0.1, 0.15) is 5.69 Å². The van der Waals surface area contributed by atoms with Crippen molar-refractivity contribution in [3.05, 3.63) is 99.7 Å². The van der Waals surface area contributed by atoms with Crippen LogP contribution in [0.15, 0.2) is 82.2 Å². The number of carbonyl (C=O) groups is 1. The van der Waals surface area contributed by atoms with Gasteiger partial charge in [-0.15, -0.1) is 0 Å². The van der Waals surface area contributed by atoms with Crippen LogP contribution < -0.4 is 5.32 Å². The lowest BCUT2D eigenvalue weighted by Gasteiger charge is -2.18. The number of benzene rings is 3. The number of halogens is 1. The first-order valence-corrected chi connectivity index (χ1v) is 14.7. The second-order valence-corrected chi connectivity index (χ2v) is 12.9. The molecule has 0 fully saturated rings. The molecule has 1 aromatic heterocycles. The average Bonchev–Trinajstić information content (AvgIpc) is 3.25. The molecular weight excluding hydrogens is 582 g/mol. The number of rotatable bonds is 11. The zero-order valence-corrected chi connectivity index (χ0v) is 24.4. The minimum atomic E-state index is -3.54. The molecule has 10 heteroatoms. The fraction of sp³-hybridized carbons (Fsp3) is 0.276. The van der Waals surface area contributed by atoms with Gasteiger partial charge >= 0.3 is 5.97 Å². The van der Waals surface area contributed by atoms with E-state index >= 15 is 0 Å². The predicted octanol–water partition coefficient (Wildman–Crippen LogP) is 4.65. The molecule has 0 bridgehead atoms. The lowest BCUT2D eigenvalue weighted by atomic mass is 10.0. The predicted molar refractivity (Wildman–Crippen MR) is 156 cm³/mol. The van der Waals surface area contributed by atoms with Crippen LogP contribution >= 0.6 is 15.9 Å². The topological polar surface area (TPSA) is 112 Å². The molecule has 2 unspecified atom stereocenters. The minimum absolute atomic E-state index is 0.0854. The van der Waals surface area contributed by atoms with Crippen LogP contribution in [-0.2, 0) is 23.0 Å². The molecule has 0 spiro atoms. The van der Waals surface area contributed by atoms with Crippen LogP contribution in [0.25, 0.3) is 10.9 Å². The summed E-state index contributed by atoms with van der Waals surface area (Å²) in [6.07, 6.45) is 0.0768. The normalized spacial score (nSPS) is 13.6. The van der Waals surface area contributed by atoms with Crippen LogP contribution in [0.4, 0.5) is 0 Å². The summed E-state index contributed by atoms with van der Waals surface area (Å²) in [5.41, 5.74) is 3.62. The highest BCUT2D eigenvalue weighted by Crippen LogP contribution is 2.25. The van der Waals surface area contributed by atoms with Crippen molar-refractivity contribution in [1.82, 2.24) is 14.2 Å². The quantitative estimate of drug-likeness (QED) is 0.227. The fourth-order valence-electron chi connectivity index (χ4n) is 4.53. The van der Waals surface area contributed by atoms with E-state index in [1.165, 1.54) is 26.2 Å². The number of hydrogen-bond acceptors (Lipinski definition) is 5. The van der Waals surface area contributed by atoms with Gasteiger partial charge in [0.05, 0.1) is 11.0 Å². The number of aromatic carboxylic acids is 1. The molecule has 3 aromatic carbocycles. The van der Waals surface area contributed by atoms with Gasteiger partial charge in [-0.25, -0.2) is 17.5 Å². The Hall–Kier alpha value is -3.02. The lowest BCUT2D eigenvalue weighted by molar-refractivity contribution is 0.0686. The molecule has 8 nitrogen and oxygen atoms in total. The van der Waals surface area contributed by atoms with Crippen molar-refractivity contribution < 1.29 is 23.4 Å². The van der Waals surface area contributed by atoms with Crippen LogP contribution in [0.2, 0.25) is 0 Å². The third kappa shape index (κ3) is 6.77. The number of carboxylic acid groups (broad SMARTS) is 1. The summed E-state index contributed by atoms with van der Waals surface area (Å²) >= 11 is 3.43. The first-order valence-electron chi connectivity index (χ1n) is 12.5. The smallest absolute Gasteiger partial charge is 0.352 e. The zero-order chi connectivity index (χ0) is 28.3. The Morgan fingerprint density at radius 2 is 1.72 bits per heavy atom. The van der Waals surface area contributed by atoms with Crippen LogP contribution in [0.3, 0.4) is 0 Å². The molecule has 0 aliphatic carbocycles. The van der Waals surface area contributed by atoms with Gasteiger partial charge in [-0.2, -0.15) is 0 Å². The van der Waals surface area contributed by atoms with Gasteiger partial charge in [0.15, 0.2) is 0 Å².